The molecule has 0 aliphatic rings. The van der Waals surface area contributed by atoms with Gasteiger partial charge in [0.25, 0.3) is 0 Å². The standard InChI is InChI=1S/C15H18N4S/c1-3-19-10-11(9-17-19)8-13(16-2)15-18-12-6-4-5-7-14(12)20-15/h4-7,9-10,13,16H,3,8H2,1-2H3. The van der Waals surface area contributed by atoms with Crippen LogP contribution in [0.4, 0.5) is 0 Å². The molecular weight excluding hydrogens is 268 g/mol. The largest absolute Gasteiger partial charge is 0.311 e. The number of nitrogens with one attached hydrogen (secondary N) is 1. The van der Waals surface area contributed by atoms with E-state index >= 15 is 0 Å². The molecule has 0 amide bonds. The van der Waals surface area contributed by atoms with Gasteiger partial charge in [-0.1, -0.05) is 12.1 Å². The number of rotatable bonds is 5. The van der Waals surface area contributed by atoms with E-state index in [-0.39, 0.29) is 6.04 Å². The SMILES string of the molecule is CCn1cc(CC(NC)c2nc3ccccc3s2)cn1. The van der Waals surface area contributed by atoms with Crippen molar-refractivity contribution in [3.63, 3.8) is 0 Å². The molecule has 0 spiro atoms. The third-order valence-electron chi connectivity index (χ3n) is 3.41. The Morgan fingerprint density at radius 3 is 2.90 bits per heavy atom. The zero-order chi connectivity index (χ0) is 13.9. The summed E-state index contributed by atoms with van der Waals surface area (Å²) in [6.07, 6.45) is 4.97. The lowest BCUT2D eigenvalue weighted by atomic mass is 10.1. The van der Waals surface area contributed by atoms with Crippen molar-refractivity contribution in [2.75, 3.05) is 7.05 Å². The van der Waals surface area contributed by atoms with Gasteiger partial charge in [0.1, 0.15) is 5.01 Å². The van der Waals surface area contributed by atoms with Crippen LogP contribution in [-0.4, -0.2) is 21.8 Å². The van der Waals surface area contributed by atoms with E-state index < -0.39 is 0 Å². The van der Waals surface area contributed by atoms with Crippen LogP contribution in [0.5, 0.6) is 0 Å². The van der Waals surface area contributed by atoms with Gasteiger partial charge in [-0.2, -0.15) is 5.10 Å². The third kappa shape index (κ3) is 2.59. The van der Waals surface area contributed by atoms with Gasteiger partial charge in [-0.15, -0.1) is 11.3 Å². The lowest BCUT2D eigenvalue weighted by Crippen LogP contribution is -2.18. The fourth-order valence-corrected chi connectivity index (χ4v) is 3.35. The second-order valence-electron chi connectivity index (χ2n) is 4.77. The molecule has 4 nitrogen and oxygen atoms in total. The predicted molar refractivity (Wildman–Crippen MR) is 83.0 cm³/mol. The van der Waals surface area contributed by atoms with E-state index in [1.165, 1.54) is 10.3 Å². The average molecular weight is 286 g/mol. The highest BCUT2D eigenvalue weighted by Gasteiger charge is 2.15. The van der Waals surface area contributed by atoms with Crippen LogP contribution in [0, 0.1) is 0 Å². The number of thiazole rings is 1. The van der Waals surface area contributed by atoms with Gasteiger partial charge < -0.3 is 5.32 Å². The van der Waals surface area contributed by atoms with Gasteiger partial charge in [0.2, 0.25) is 0 Å². The Bertz CT molecular complexity index is 668. The fourth-order valence-electron chi connectivity index (χ4n) is 2.27. The third-order valence-corrected chi connectivity index (χ3v) is 4.56. The van der Waals surface area contributed by atoms with Crippen LogP contribution in [-0.2, 0) is 13.0 Å². The minimum atomic E-state index is 0.238. The van der Waals surface area contributed by atoms with E-state index in [9.17, 15) is 0 Å². The summed E-state index contributed by atoms with van der Waals surface area (Å²) < 4.78 is 3.20. The van der Waals surface area contributed by atoms with Crippen molar-refractivity contribution < 1.29 is 0 Å². The van der Waals surface area contributed by atoms with Crippen molar-refractivity contribution >= 4 is 21.6 Å². The van der Waals surface area contributed by atoms with Gasteiger partial charge in [-0.3, -0.25) is 4.68 Å². The summed E-state index contributed by atoms with van der Waals surface area (Å²) in [6, 6.07) is 8.52. The summed E-state index contributed by atoms with van der Waals surface area (Å²) in [6.45, 7) is 3.01. The second kappa shape index (κ2) is 5.73. The topological polar surface area (TPSA) is 42.7 Å². The van der Waals surface area contributed by atoms with Gasteiger partial charge in [0, 0.05) is 12.7 Å². The molecule has 0 aliphatic heterocycles. The quantitative estimate of drug-likeness (QED) is 0.784. The first kappa shape index (κ1) is 13.3. The summed E-state index contributed by atoms with van der Waals surface area (Å²) in [5, 5.41) is 8.83. The molecule has 104 valence electrons. The molecule has 2 heterocycles. The summed E-state index contributed by atoms with van der Waals surface area (Å²) in [7, 11) is 1.99. The van der Waals surface area contributed by atoms with Gasteiger partial charge >= 0.3 is 0 Å². The molecule has 0 fully saturated rings. The number of aryl methyl sites for hydroxylation is 1. The summed E-state index contributed by atoms with van der Waals surface area (Å²) in [4.78, 5) is 4.74. The van der Waals surface area contributed by atoms with Crippen LogP contribution in [0.1, 0.15) is 23.5 Å². The van der Waals surface area contributed by atoms with E-state index in [0.29, 0.717) is 0 Å². The molecule has 0 saturated heterocycles. The summed E-state index contributed by atoms with van der Waals surface area (Å²) in [5.74, 6) is 0. The lowest BCUT2D eigenvalue weighted by molar-refractivity contribution is 0.588. The van der Waals surface area contributed by atoms with Crippen LogP contribution >= 0.6 is 11.3 Å². The van der Waals surface area contributed by atoms with Crippen molar-refractivity contribution in [2.24, 2.45) is 0 Å². The van der Waals surface area contributed by atoms with Crippen LogP contribution in [0.2, 0.25) is 0 Å². The van der Waals surface area contributed by atoms with Crippen LogP contribution in [0.3, 0.4) is 0 Å². The molecule has 1 atom stereocenters. The molecule has 2 aromatic heterocycles. The molecule has 0 radical (unpaired) electrons. The van der Waals surface area contributed by atoms with Gasteiger partial charge in [-0.25, -0.2) is 4.98 Å². The monoisotopic (exact) mass is 286 g/mol. The maximum Gasteiger partial charge on any atom is 0.111 e. The number of hydrogen-bond donors (Lipinski definition) is 1. The van der Waals surface area contributed by atoms with Gasteiger partial charge in [-0.05, 0) is 38.1 Å². The van der Waals surface area contributed by atoms with E-state index in [0.717, 1.165) is 23.5 Å². The van der Waals surface area contributed by atoms with Crippen molar-refractivity contribution in [1.82, 2.24) is 20.1 Å². The smallest absolute Gasteiger partial charge is 0.111 e. The maximum atomic E-state index is 4.74. The molecule has 20 heavy (non-hydrogen) atoms. The minimum absolute atomic E-state index is 0.238. The molecule has 3 aromatic rings. The maximum absolute atomic E-state index is 4.74. The first-order chi connectivity index (χ1) is 9.80. The number of para-hydroxylation sites is 1. The molecule has 0 bridgehead atoms. The van der Waals surface area contributed by atoms with Crippen LogP contribution in [0.25, 0.3) is 10.2 Å². The highest BCUT2D eigenvalue weighted by atomic mass is 32.1. The number of likely N-dealkylation sites (N-methyl/N-ethyl adjacent to an activating group) is 1. The van der Waals surface area contributed by atoms with Gasteiger partial charge in [0.05, 0.1) is 22.5 Å². The Balaban J connectivity index is 1.85. The number of benzene rings is 1. The molecule has 0 saturated carbocycles. The first-order valence-corrected chi connectivity index (χ1v) is 7.66. The molecule has 5 heteroatoms. The molecule has 3 rings (SSSR count). The Morgan fingerprint density at radius 2 is 2.20 bits per heavy atom. The van der Waals surface area contributed by atoms with Crippen molar-refractivity contribution in [1.29, 1.82) is 0 Å². The van der Waals surface area contributed by atoms with Crippen molar-refractivity contribution in [2.45, 2.75) is 25.9 Å². The summed E-state index contributed by atoms with van der Waals surface area (Å²) >= 11 is 1.76. The zero-order valence-electron chi connectivity index (χ0n) is 11.7. The normalized spacial score (nSPS) is 12.9. The Labute approximate surface area is 122 Å². The Kier molecular flexibility index (Phi) is 3.80. The molecule has 1 N–H and O–H groups in total. The highest BCUT2D eigenvalue weighted by molar-refractivity contribution is 7.18. The Hall–Kier alpha value is -1.72. The Morgan fingerprint density at radius 1 is 1.35 bits per heavy atom. The number of hydrogen-bond acceptors (Lipinski definition) is 4. The number of fused-ring (bicyclic) bond motifs is 1. The highest BCUT2D eigenvalue weighted by Crippen LogP contribution is 2.27. The molecular formula is C15H18N4S. The number of nitrogens with zero attached hydrogens (tertiary/aromatic N) is 3. The van der Waals surface area contributed by atoms with E-state index in [1.54, 1.807) is 11.3 Å². The first-order valence-electron chi connectivity index (χ1n) is 6.84. The van der Waals surface area contributed by atoms with Gasteiger partial charge in [0.15, 0.2) is 0 Å². The predicted octanol–water partition coefficient (Wildman–Crippen LogP) is 3.02. The van der Waals surface area contributed by atoms with Crippen LogP contribution in [0.15, 0.2) is 36.7 Å². The van der Waals surface area contributed by atoms with Crippen molar-refractivity contribution in [3.8, 4) is 0 Å². The van der Waals surface area contributed by atoms with E-state index in [2.05, 4.69) is 41.7 Å². The van der Waals surface area contributed by atoms with E-state index in [4.69, 9.17) is 4.98 Å². The van der Waals surface area contributed by atoms with Crippen molar-refractivity contribution in [3.05, 3.63) is 47.2 Å². The number of aromatic nitrogens is 3. The van der Waals surface area contributed by atoms with Crippen LogP contribution < -0.4 is 5.32 Å². The molecule has 1 aromatic carbocycles. The lowest BCUT2D eigenvalue weighted by Gasteiger charge is -2.11. The summed E-state index contributed by atoms with van der Waals surface area (Å²) in [5.41, 5.74) is 2.32. The zero-order valence-corrected chi connectivity index (χ0v) is 12.5. The fraction of sp³-hybridized carbons (Fsp3) is 0.333. The molecule has 0 aliphatic carbocycles. The second-order valence-corrected chi connectivity index (χ2v) is 5.83. The molecule has 1 unspecified atom stereocenters. The average Bonchev–Trinajstić information content (AvgIpc) is 3.10. The minimum Gasteiger partial charge on any atom is -0.311 e. The van der Waals surface area contributed by atoms with E-state index in [1.807, 2.05) is 24.0 Å².